The van der Waals surface area contributed by atoms with Gasteiger partial charge in [0.15, 0.2) is 0 Å². The zero-order chi connectivity index (χ0) is 13.1. The van der Waals surface area contributed by atoms with Gasteiger partial charge in [-0.15, -0.1) is 0 Å². The number of anilines is 1. The lowest BCUT2D eigenvalue weighted by molar-refractivity contribution is -0.120. The van der Waals surface area contributed by atoms with Gasteiger partial charge in [-0.3, -0.25) is 4.79 Å². The minimum absolute atomic E-state index is 0.0684. The van der Waals surface area contributed by atoms with E-state index in [4.69, 9.17) is 0 Å². The highest BCUT2D eigenvalue weighted by Crippen LogP contribution is 2.19. The van der Waals surface area contributed by atoms with E-state index in [0.717, 1.165) is 18.4 Å². The highest BCUT2D eigenvalue weighted by molar-refractivity contribution is 5.93. The molecule has 0 aliphatic carbocycles. The van der Waals surface area contributed by atoms with Crippen LogP contribution < -0.4 is 10.6 Å². The topological polar surface area (TPSA) is 41.1 Å². The average molecular weight is 250 g/mol. The first-order valence-corrected chi connectivity index (χ1v) is 6.36. The van der Waals surface area contributed by atoms with E-state index in [2.05, 4.69) is 17.6 Å². The predicted octanol–water partition coefficient (Wildman–Crippen LogP) is 2.46. The number of aryl methyl sites for hydroxylation is 1. The molecule has 1 aliphatic heterocycles. The van der Waals surface area contributed by atoms with Crippen molar-refractivity contribution in [2.24, 2.45) is 5.92 Å². The summed E-state index contributed by atoms with van der Waals surface area (Å²) >= 11 is 0. The van der Waals surface area contributed by atoms with Crippen LogP contribution in [0.25, 0.3) is 0 Å². The summed E-state index contributed by atoms with van der Waals surface area (Å²) in [6.07, 6.45) is 1.84. The molecule has 2 N–H and O–H groups in total. The summed E-state index contributed by atoms with van der Waals surface area (Å²) in [5.74, 6) is -0.550. The summed E-state index contributed by atoms with van der Waals surface area (Å²) in [5.41, 5.74) is 1.21. The molecule has 1 aromatic carbocycles. The molecular weight excluding hydrogens is 231 g/mol. The highest BCUT2D eigenvalue weighted by atomic mass is 19.1. The fraction of sp³-hybridized carbons (Fsp3) is 0.500. The van der Waals surface area contributed by atoms with Crippen LogP contribution in [0.5, 0.6) is 0 Å². The molecule has 98 valence electrons. The van der Waals surface area contributed by atoms with Crippen LogP contribution in [0.3, 0.4) is 0 Å². The van der Waals surface area contributed by atoms with Crippen molar-refractivity contribution in [2.75, 3.05) is 11.9 Å². The highest BCUT2D eigenvalue weighted by Gasteiger charge is 2.24. The normalized spacial score (nSPS) is 23.7. The molecule has 2 unspecified atom stereocenters. The first-order valence-electron chi connectivity index (χ1n) is 6.36. The monoisotopic (exact) mass is 250 g/mol. The summed E-state index contributed by atoms with van der Waals surface area (Å²) in [6.45, 7) is 4.65. The summed E-state index contributed by atoms with van der Waals surface area (Å²) < 4.78 is 13.5. The molecule has 18 heavy (non-hydrogen) atoms. The molecule has 2 atom stereocenters. The van der Waals surface area contributed by atoms with Gasteiger partial charge in [0.1, 0.15) is 5.82 Å². The summed E-state index contributed by atoms with van der Waals surface area (Å²) in [6, 6.07) is 5.19. The molecule has 0 spiro atoms. The van der Waals surface area contributed by atoms with Gasteiger partial charge in [-0.05, 0) is 44.4 Å². The maximum Gasteiger partial charge on any atom is 0.228 e. The molecule has 1 aromatic rings. The zero-order valence-corrected chi connectivity index (χ0v) is 10.8. The van der Waals surface area contributed by atoms with Crippen LogP contribution >= 0.6 is 0 Å². The Balaban J connectivity index is 2.00. The van der Waals surface area contributed by atoms with Gasteiger partial charge in [-0.25, -0.2) is 4.39 Å². The number of hydrogen-bond acceptors (Lipinski definition) is 2. The SMILES string of the molecule is Cc1ccc(F)c(NC(=O)C2CCC(C)NC2)c1. The van der Waals surface area contributed by atoms with E-state index in [1.165, 1.54) is 6.07 Å². The number of carbonyl (C=O) groups is 1. The van der Waals surface area contributed by atoms with Crippen molar-refractivity contribution < 1.29 is 9.18 Å². The van der Waals surface area contributed by atoms with Crippen molar-refractivity contribution in [3.63, 3.8) is 0 Å². The van der Waals surface area contributed by atoms with Crippen LogP contribution in [0.2, 0.25) is 0 Å². The Morgan fingerprint density at radius 1 is 1.44 bits per heavy atom. The molecule has 1 aliphatic rings. The second kappa shape index (κ2) is 5.48. The second-order valence-corrected chi connectivity index (χ2v) is 5.06. The largest absolute Gasteiger partial charge is 0.323 e. The van der Waals surface area contributed by atoms with E-state index < -0.39 is 0 Å². The van der Waals surface area contributed by atoms with Crippen LogP contribution in [0.4, 0.5) is 10.1 Å². The smallest absolute Gasteiger partial charge is 0.228 e. The Morgan fingerprint density at radius 3 is 2.89 bits per heavy atom. The number of amides is 1. The molecule has 2 rings (SSSR count). The maximum atomic E-state index is 13.5. The molecule has 0 aromatic heterocycles. The van der Waals surface area contributed by atoms with Crippen molar-refractivity contribution in [2.45, 2.75) is 32.7 Å². The van der Waals surface area contributed by atoms with Gasteiger partial charge in [0, 0.05) is 12.6 Å². The van der Waals surface area contributed by atoms with E-state index in [9.17, 15) is 9.18 Å². The van der Waals surface area contributed by atoms with E-state index in [-0.39, 0.29) is 23.3 Å². The van der Waals surface area contributed by atoms with Crippen molar-refractivity contribution >= 4 is 11.6 Å². The Labute approximate surface area is 107 Å². The molecule has 1 saturated heterocycles. The lowest BCUT2D eigenvalue weighted by atomic mass is 9.94. The van der Waals surface area contributed by atoms with Crippen molar-refractivity contribution in [3.8, 4) is 0 Å². The molecule has 1 heterocycles. The number of hydrogen-bond donors (Lipinski definition) is 2. The zero-order valence-electron chi connectivity index (χ0n) is 10.8. The Morgan fingerprint density at radius 2 is 2.22 bits per heavy atom. The Kier molecular flexibility index (Phi) is 3.97. The standard InChI is InChI=1S/C14H19FN2O/c1-9-3-6-12(15)13(7-9)17-14(18)11-5-4-10(2)16-8-11/h3,6-7,10-11,16H,4-5,8H2,1-2H3,(H,17,18). The summed E-state index contributed by atoms with van der Waals surface area (Å²) in [5, 5.41) is 5.95. The molecule has 0 saturated carbocycles. The van der Waals surface area contributed by atoms with E-state index in [1.54, 1.807) is 12.1 Å². The lowest BCUT2D eigenvalue weighted by Crippen LogP contribution is -2.41. The lowest BCUT2D eigenvalue weighted by Gasteiger charge is -2.26. The third-order valence-electron chi connectivity index (χ3n) is 3.41. The molecule has 0 radical (unpaired) electrons. The number of piperidine rings is 1. The number of benzene rings is 1. The second-order valence-electron chi connectivity index (χ2n) is 5.06. The van der Waals surface area contributed by atoms with Gasteiger partial charge in [0.2, 0.25) is 5.91 Å². The van der Waals surface area contributed by atoms with Gasteiger partial charge >= 0.3 is 0 Å². The fourth-order valence-electron chi connectivity index (χ4n) is 2.19. The summed E-state index contributed by atoms with van der Waals surface area (Å²) in [4.78, 5) is 12.0. The minimum Gasteiger partial charge on any atom is -0.323 e. The number of nitrogens with one attached hydrogen (secondary N) is 2. The number of halogens is 1. The van der Waals surface area contributed by atoms with Crippen molar-refractivity contribution in [3.05, 3.63) is 29.6 Å². The van der Waals surface area contributed by atoms with E-state index in [0.29, 0.717) is 12.6 Å². The van der Waals surface area contributed by atoms with Gasteiger partial charge in [0.25, 0.3) is 0 Å². The third kappa shape index (κ3) is 3.07. The Bertz CT molecular complexity index is 439. The van der Waals surface area contributed by atoms with Gasteiger partial charge in [-0.1, -0.05) is 6.07 Å². The molecule has 3 nitrogen and oxygen atoms in total. The molecule has 4 heteroatoms. The average Bonchev–Trinajstić information content (AvgIpc) is 2.34. The first kappa shape index (κ1) is 13.0. The van der Waals surface area contributed by atoms with E-state index >= 15 is 0 Å². The Hall–Kier alpha value is -1.42. The van der Waals surface area contributed by atoms with Gasteiger partial charge in [0.05, 0.1) is 11.6 Å². The van der Waals surface area contributed by atoms with Crippen LogP contribution in [0.1, 0.15) is 25.3 Å². The fourth-order valence-corrected chi connectivity index (χ4v) is 2.19. The number of rotatable bonds is 2. The third-order valence-corrected chi connectivity index (χ3v) is 3.41. The van der Waals surface area contributed by atoms with Crippen LogP contribution in [0, 0.1) is 18.7 Å². The van der Waals surface area contributed by atoms with Gasteiger partial charge in [-0.2, -0.15) is 0 Å². The quantitative estimate of drug-likeness (QED) is 0.846. The minimum atomic E-state index is -0.383. The van der Waals surface area contributed by atoms with Gasteiger partial charge < -0.3 is 10.6 Å². The van der Waals surface area contributed by atoms with Crippen LogP contribution in [-0.2, 0) is 4.79 Å². The number of carbonyl (C=O) groups excluding carboxylic acids is 1. The summed E-state index contributed by atoms with van der Waals surface area (Å²) in [7, 11) is 0. The maximum absolute atomic E-state index is 13.5. The van der Waals surface area contributed by atoms with Crippen LogP contribution in [-0.4, -0.2) is 18.5 Å². The molecular formula is C14H19FN2O. The molecule has 1 fully saturated rings. The van der Waals surface area contributed by atoms with Crippen LogP contribution in [0.15, 0.2) is 18.2 Å². The van der Waals surface area contributed by atoms with Crippen molar-refractivity contribution in [1.82, 2.24) is 5.32 Å². The van der Waals surface area contributed by atoms with E-state index in [1.807, 2.05) is 6.92 Å². The van der Waals surface area contributed by atoms with Crippen molar-refractivity contribution in [1.29, 1.82) is 0 Å². The predicted molar refractivity (Wildman–Crippen MR) is 70.0 cm³/mol. The first-order chi connectivity index (χ1) is 8.56. The molecule has 1 amide bonds. The molecule has 0 bridgehead atoms.